The number of carbonyl (C=O) groups is 1. The maximum absolute atomic E-state index is 13.0. The van der Waals surface area contributed by atoms with Gasteiger partial charge in [-0.1, -0.05) is 0 Å². The monoisotopic (exact) mass is 205 g/mol. The molecule has 1 heterocycles. The van der Waals surface area contributed by atoms with Crippen molar-refractivity contribution in [3.05, 3.63) is 23.3 Å². The van der Waals surface area contributed by atoms with E-state index in [0.717, 1.165) is 6.20 Å². The molecular formula is C7H6F3N3O. The lowest BCUT2D eigenvalue weighted by Gasteiger charge is -2.06. The lowest BCUT2D eigenvalue weighted by atomic mass is 10.2. The molecule has 14 heavy (non-hydrogen) atoms. The molecule has 0 saturated heterocycles. The van der Waals surface area contributed by atoms with E-state index in [-0.39, 0.29) is 0 Å². The molecule has 0 aliphatic rings. The molecule has 0 radical (unpaired) electrons. The van der Waals surface area contributed by atoms with Gasteiger partial charge in [-0.05, 0) is 0 Å². The molecule has 4 N–H and O–H groups in total. The predicted molar refractivity (Wildman–Crippen MR) is 42.1 cm³/mol. The Hall–Kier alpha value is -1.79. The number of nitrogens with zero attached hydrogens (tertiary/aromatic N) is 1. The second kappa shape index (κ2) is 3.52. The first-order valence-electron chi connectivity index (χ1n) is 3.47. The summed E-state index contributed by atoms with van der Waals surface area (Å²) in [5, 5.41) is 0. The summed E-state index contributed by atoms with van der Waals surface area (Å²) in [6.07, 6.45) is -2.36. The van der Waals surface area contributed by atoms with E-state index in [1.807, 2.05) is 0 Å². The fourth-order valence-electron chi connectivity index (χ4n) is 0.865. The Morgan fingerprint density at radius 3 is 2.50 bits per heavy atom. The summed E-state index contributed by atoms with van der Waals surface area (Å²) in [7, 11) is 0. The van der Waals surface area contributed by atoms with E-state index in [0.29, 0.717) is 0 Å². The molecule has 0 aliphatic carbocycles. The van der Waals surface area contributed by atoms with Gasteiger partial charge < -0.3 is 11.5 Å². The number of nitrogen functional groups attached to an aromatic ring is 1. The average Bonchev–Trinajstić information content (AvgIpc) is 2.08. The number of alkyl halides is 2. The standard InChI is InChI=1S/C7H6F3N3O/c8-3-4(11)2(7(12)14)1-13-5(3)6(9)10/h1,6H,(H2,11,13)(H2,12,14). The SMILES string of the molecule is NC(=O)c1cnc(C(F)F)c(F)c1N. The van der Waals surface area contributed by atoms with Crippen LogP contribution in [0.3, 0.4) is 0 Å². The van der Waals surface area contributed by atoms with Gasteiger partial charge in [-0.15, -0.1) is 0 Å². The Labute approximate surface area is 76.7 Å². The van der Waals surface area contributed by atoms with E-state index in [2.05, 4.69) is 4.98 Å². The minimum atomic E-state index is -3.08. The lowest BCUT2D eigenvalue weighted by molar-refractivity contribution is 0.0999. The molecule has 0 fully saturated rings. The van der Waals surface area contributed by atoms with Crippen LogP contribution in [-0.2, 0) is 0 Å². The van der Waals surface area contributed by atoms with Crippen LogP contribution in [0.2, 0.25) is 0 Å². The van der Waals surface area contributed by atoms with E-state index in [9.17, 15) is 18.0 Å². The molecule has 0 aliphatic heterocycles. The molecule has 0 aromatic carbocycles. The zero-order valence-electron chi connectivity index (χ0n) is 6.80. The summed E-state index contributed by atoms with van der Waals surface area (Å²) in [4.78, 5) is 13.7. The molecule has 76 valence electrons. The summed E-state index contributed by atoms with van der Waals surface area (Å²) in [5.41, 5.74) is 7.66. The first-order chi connectivity index (χ1) is 6.45. The van der Waals surface area contributed by atoms with Crippen LogP contribution in [0.15, 0.2) is 6.20 Å². The van der Waals surface area contributed by atoms with Crippen molar-refractivity contribution in [2.24, 2.45) is 5.73 Å². The van der Waals surface area contributed by atoms with Gasteiger partial charge in [0.05, 0.1) is 11.3 Å². The van der Waals surface area contributed by atoms with Crippen LogP contribution in [-0.4, -0.2) is 10.9 Å². The molecule has 4 nitrogen and oxygen atoms in total. The highest BCUT2D eigenvalue weighted by molar-refractivity contribution is 5.97. The molecule has 1 aromatic rings. The first kappa shape index (κ1) is 10.3. The quantitative estimate of drug-likeness (QED) is 0.750. The minimum Gasteiger partial charge on any atom is -0.396 e. The van der Waals surface area contributed by atoms with Crippen LogP contribution < -0.4 is 11.5 Å². The van der Waals surface area contributed by atoms with E-state index < -0.39 is 35.1 Å². The molecule has 7 heteroatoms. The normalized spacial score (nSPS) is 10.6. The van der Waals surface area contributed by atoms with E-state index >= 15 is 0 Å². The van der Waals surface area contributed by atoms with Crippen molar-refractivity contribution >= 4 is 11.6 Å². The van der Waals surface area contributed by atoms with Crippen LogP contribution in [0.1, 0.15) is 22.5 Å². The van der Waals surface area contributed by atoms with Crippen molar-refractivity contribution in [2.45, 2.75) is 6.43 Å². The molecule has 1 aromatic heterocycles. The zero-order valence-corrected chi connectivity index (χ0v) is 6.80. The fraction of sp³-hybridized carbons (Fsp3) is 0.143. The number of pyridine rings is 1. The predicted octanol–water partition coefficient (Wildman–Crippen LogP) is 0.839. The summed E-state index contributed by atoms with van der Waals surface area (Å²) in [5.74, 6) is -2.42. The van der Waals surface area contributed by atoms with Gasteiger partial charge >= 0.3 is 0 Å². The highest BCUT2D eigenvalue weighted by atomic mass is 19.3. The Morgan fingerprint density at radius 1 is 1.50 bits per heavy atom. The molecule has 0 spiro atoms. The summed E-state index contributed by atoms with van der Waals surface area (Å²) in [6.45, 7) is 0. The number of hydrogen-bond donors (Lipinski definition) is 2. The smallest absolute Gasteiger partial charge is 0.283 e. The van der Waals surface area contributed by atoms with Crippen LogP contribution in [0.4, 0.5) is 18.9 Å². The third kappa shape index (κ3) is 1.61. The molecule has 1 amide bonds. The Balaban J connectivity index is 3.33. The third-order valence-corrected chi connectivity index (χ3v) is 1.56. The van der Waals surface area contributed by atoms with Gasteiger partial charge in [0.15, 0.2) is 5.82 Å². The largest absolute Gasteiger partial charge is 0.396 e. The molecular weight excluding hydrogens is 199 g/mol. The minimum absolute atomic E-state index is 0.410. The van der Waals surface area contributed by atoms with Crippen LogP contribution in [0.5, 0.6) is 0 Å². The Morgan fingerprint density at radius 2 is 2.07 bits per heavy atom. The lowest BCUT2D eigenvalue weighted by Crippen LogP contribution is -2.16. The van der Waals surface area contributed by atoms with Gasteiger partial charge in [0, 0.05) is 6.20 Å². The zero-order chi connectivity index (χ0) is 10.9. The number of nitrogens with two attached hydrogens (primary N) is 2. The molecule has 0 unspecified atom stereocenters. The average molecular weight is 205 g/mol. The Bertz CT molecular complexity index is 381. The molecule has 1 rings (SSSR count). The number of halogens is 3. The maximum Gasteiger partial charge on any atom is 0.283 e. The second-order valence-corrected chi connectivity index (χ2v) is 2.45. The van der Waals surface area contributed by atoms with Gasteiger partial charge in [-0.25, -0.2) is 13.2 Å². The van der Waals surface area contributed by atoms with Crippen molar-refractivity contribution in [1.29, 1.82) is 0 Å². The van der Waals surface area contributed by atoms with E-state index in [1.165, 1.54) is 0 Å². The van der Waals surface area contributed by atoms with Crippen molar-refractivity contribution in [3.63, 3.8) is 0 Å². The molecule has 0 saturated carbocycles. The van der Waals surface area contributed by atoms with Gasteiger partial charge in [-0.3, -0.25) is 9.78 Å². The number of aromatic nitrogens is 1. The molecule has 0 bridgehead atoms. The number of hydrogen-bond acceptors (Lipinski definition) is 3. The highest BCUT2D eigenvalue weighted by Gasteiger charge is 2.21. The number of anilines is 1. The van der Waals surface area contributed by atoms with Crippen LogP contribution in [0.25, 0.3) is 0 Å². The number of rotatable bonds is 2. The van der Waals surface area contributed by atoms with Crippen molar-refractivity contribution in [3.8, 4) is 0 Å². The van der Waals surface area contributed by atoms with Crippen LogP contribution in [0, 0.1) is 5.82 Å². The number of amides is 1. The first-order valence-corrected chi connectivity index (χ1v) is 3.47. The van der Waals surface area contributed by atoms with E-state index in [1.54, 1.807) is 0 Å². The van der Waals surface area contributed by atoms with Gasteiger partial charge in [0.25, 0.3) is 12.3 Å². The number of primary amides is 1. The van der Waals surface area contributed by atoms with Crippen molar-refractivity contribution < 1.29 is 18.0 Å². The summed E-state index contributed by atoms with van der Waals surface area (Å²) in [6, 6.07) is 0. The molecule has 0 atom stereocenters. The van der Waals surface area contributed by atoms with Crippen molar-refractivity contribution in [2.75, 3.05) is 5.73 Å². The summed E-state index contributed by atoms with van der Waals surface area (Å²) >= 11 is 0. The second-order valence-electron chi connectivity index (χ2n) is 2.45. The van der Waals surface area contributed by atoms with Gasteiger partial charge in [0.2, 0.25) is 0 Å². The highest BCUT2D eigenvalue weighted by Crippen LogP contribution is 2.25. The Kier molecular flexibility index (Phi) is 2.59. The third-order valence-electron chi connectivity index (χ3n) is 1.56. The van der Waals surface area contributed by atoms with Gasteiger partial charge in [-0.2, -0.15) is 0 Å². The summed E-state index contributed by atoms with van der Waals surface area (Å²) < 4.78 is 37.1. The van der Waals surface area contributed by atoms with E-state index in [4.69, 9.17) is 11.5 Å². The van der Waals surface area contributed by atoms with Gasteiger partial charge in [0.1, 0.15) is 5.69 Å². The topological polar surface area (TPSA) is 82.0 Å². The maximum atomic E-state index is 13.0. The van der Waals surface area contributed by atoms with Crippen molar-refractivity contribution in [1.82, 2.24) is 4.98 Å². The number of carbonyl (C=O) groups excluding carboxylic acids is 1. The fourth-order valence-corrected chi connectivity index (χ4v) is 0.865. The van der Waals surface area contributed by atoms with Crippen LogP contribution >= 0.6 is 0 Å².